The van der Waals surface area contributed by atoms with E-state index >= 15 is 0 Å². The van der Waals surface area contributed by atoms with Gasteiger partial charge in [0.15, 0.2) is 0 Å². The van der Waals surface area contributed by atoms with Crippen LogP contribution >= 0.6 is 0 Å². The Balaban J connectivity index is 1.87. The standard InChI is InChI=1S/C20H17F2N3O4/c1-2-3-6-25-19(28)11-5-4-10(7-12(11)20(25)29)18(27)24-16-8-13(17(23)26)14(21)9-15(16)22/h4-5,7-9H,2-3,6H2,1H3,(H2,23,26)(H,24,27). The number of anilines is 1. The first-order valence-electron chi connectivity index (χ1n) is 8.85. The highest BCUT2D eigenvalue weighted by Crippen LogP contribution is 2.25. The van der Waals surface area contributed by atoms with Crippen LogP contribution in [0.5, 0.6) is 0 Å². The zero-order valence-corrected chi connectivity index (χ0v) is 15.4. The van der Waals surface area contributed by atoms with Gasteiger partial charge < -0.3 is 11.1 Å². The van der Waals surface area contributed by atoms with Gasteiger partial charge in [-0.25, -0.2) is 8.78 Å². The Morgan fingerprint density at radius 3 is 2.38 bits per heavy atom. The zero-order valence-electron chi connectivity index (χ0n) is 15.4. The van der Waals surface area contributed by atoms with Crippen molar-refractivity contribution in [2.75, 3.05) is 11.9 Å². The molecular weight excluding hydrogens is 384 g/mol. The van der Waals surface area contributed by atoms with Gasteiger partial charge in [0, 0.05) is 18.2 Å². The Morgan fingerprint density at radius 2 is 1.72 bits per heavy atom. The molecule has 0 fully saturated rings. The number of carbonyl (C=O) groups is 4. The predicted octanol–water partition coefficient (Wildman–Crippen LogP) is 2.71. The van der Waals surface area contributed by atoms with Crippen LogP contribution in [0.2, 0.25) is 0 Å². The lowest BCUT2D eigenvalue weighted by atomic mass is 10.0. The number of nitrogens with zero attached hydrogens (tertiary/aromatic N) is 1. The van der Waals surface area contributed by atoms with E-state index < -0.39 is 46.5 Å². The quantitative estimate of drug-likeness (QED) is 0.725. The molecule has 0 unspecified atom stereocenters. The molecule has 0 saturated heterocycles. The lowest BCUT2D eigenvalue weighted by Gasteiger charge is -2.12. The highest BCUT2D eigenvalue weighted by atomic mass is 19.1. The van der Waals surface area contributed by atoms with Gasteiger partial charge in [0.2, 0.25) is 0 Å². The minimum Gasteiger partial charge on any atom is -0.366 e. The third kappa shape index (κ3) is 3.71. The average Bonchev–Trinajstić information content (AvgIpc) is 2.91. The predicted molar refractivity (Wildman–Crippen MR) is 99.5 cm³/mol. The number of imide groups is 1. The maximum absolute atomic E-state index is 14.0. The van der Waals surface area contributed by atoms with Crippen LogP contribution in [-0.4, -0.2) is 35.1 Å². The fourth-order valence-electron chi connectivity index (χ4n) is 2.98. The number of hydrogen-bond acceptors (Lipinski definition) is 4. The third-order valence-corrected chi connectivity index (χ3v) is 4.54. The van der Waals surface area contributed by atoms with Gasteiger partial charge in [0.05, 0.1) is 22.4 Å². The van der Waals surface area contributed by atoms with Gasteiger partial charge in [-0.05, 0) is 30.7 Å². The molecule has 4 amide bonds. The van der Waals surface area contributed by atoms with E-state index in [0.29, 0.717) is 12.5 Å². The molecule has 0 atom stereocenters. The number of amides is 4. The van der Waals surface area contributed by atoms with Crippen LogP contribution in [0.15, 0.2) is 30.3 Å². The van der Waals surface area contributed by atoms with Gasteiger partial charge in [-0.3, -0.25) is 24.1 Å². The minimum atomic E-state index is -1.15. The van der Waals surface area contributed by atoms with Gasteiger partial charge in [0.25, 0.3) is 23.6 Å². The van der Waals surface area contributed by atoms with Crippen LogP contribution in [0.3, 0.4) is 0 Å². The monoisotopic (exact) mass is 401 g/mol. The molecular formula is C20H17F2N3O4. The number of halogens is 2. The summed E-state index contributed by atoms with van der Waals surface area (Å²) >= 11 is 0. The SMILES string of the molecule is CCCCN1C(=O)c2ccc(C(=O)Nc3cc(C(N)=O)c(F)cc3F)cc2C1=O. The van der Waals surface area contributed by atoms with Gasteiger partial charge >= 0.3 is 0 Å². The van der Waals surface area contributed by atoms with Crippen molar-refractivity contribution in [1.29, 1.82) is 0 Å². The molecule has 150 valence electrons. The Morgan fingerprint density at radius 1 is 1.03 bits per heavy atom. The number of rotatable bonds is 6. The van der Waals surface area contributed by atoms with E-state index in [1.807, 2.05) is 6.92 Å². The number of primary amides is 1. The Bertz CT molecular complexity index is 1050. The van der Waals surface area contributed by atoms with E-state index in [1.165, 1.54) is 18.2 Å². The van der Waals surface area contributed by atoms with E-state index in [2.05, 4.69) is 5.32 Å². The molecule has 0 aromatic heterocycles. The van der Waals surface area contributed by atoms with E-state index in [1.54, 1.807) is 0 Å². The van der Waals surface area contributed by atoms with Crippen molar-refractivity contribution < 1.29 is 28.0 Å². The number of nitrogens with two attached hydrogens (primary N) is 1. The number of carbonyl (C=O) groups excluding carboxylic acids is 4. The van der Waals surface area contributed by atoms with E-state index in [0.717, 1.165) is 17.4 Å². The summed E-state index contributed by atoms with van der Waals surface area (Å²) in [6.45, 7) is 2.21. The largest absolute Gasteiger partial charge is 0.366 e. The maximum Gasteiger partial charge on any atom is 0.261 e. The Labute approximate surface area is 164 Å². The molecule has 0 spiro atoms. The highest BCUT2D eigenvalue weighted by molar-refractivity contribution is 6.22. The van der Waals surface area contributed by atoms with Crippen molar-refractivity contribution in [3.05, 3.63) is 64.2 Å². The molecule has 7 nitrogen and oxygen atoms in total. The molecule has 0 aliphatic carbocycles. The molecule has 0 saturated carbocycles. The third-order valence-electron chi connectivity index (χ3n) is 4.54. The van der Waals surface area contributed by atoms with Gasteiger partial charge in [-0.15, -0.1) is 0 Å². The molecule has 3 N–H and O–H groups in total. The molecule has 9 heteroatoms. The van der Waals surface area contributed by atoms with Crippen LogP contribution in [-0.2, 0) is 0 Å². The summed E-state index contributed by atoms with van der Waals surface area (Å²) in [4.78, 5) is 49.6. The topological polar surface area (TPSA) is 110 Å². The van der Waals surface area contributed by atoms with E-state index in [9.17, 15) is 28.0 Å². The van der Waals surface area contributed by atoms with Gasteiger partial charge in [-0.2, -0.15) is 0 Å². The average molecular weight is 401 g/mol. The van der Waals surface area contributed by atoms with Crippen LogP contribution in [0.4, 0.5) is 14.5 Å². The van der Waals surface area contributed by atoms with Crippen LogP contribution in [0.1, 0.15) is 61.2 Å². The zero-order chi connectivity index (χ0) is 21.3. The normalized spacial score (nSPS) is 12.9. The molecule has 0 bridgehead atoms. The van der Waals surface area contributed by atoms with Crippen molar-refractivity contribution >= 4 is 29.3 Å². The highest BCUT2D eigenvalue weighted by Gasteiger charge is 2.35. The fourth-order valence-corrected chi connectivity index (χ4v) is 2.98. The summed E-state index contributed by atoms with van der Waals surface area (Å²) in [6, 6.07) is 5.14. The number of fused-ring (bicyclic) bond motifs is 1. The van der Waals surface area contributed by atoms with Crippen LogP contribution < -0.4 is 11.1 Å². The molecule has 3 rings (SSSR count). The Hall–Kier alpha value is -3.62. The Kier molecular flexibility index (Phi) is 5.40. The maximum atomic E-state index is 14.0. The molecule has 1 aliphatic rings. The molecule has 29 heavy (non-hydrogen) atoms. The summed E-state index contributed by atoms with van der Waals surface area (Å²) in [6.07, 6.45) is 1.46. The first kappa shape index (κ1) is 20.1. The molecule has 1 heterocycles. The molecule has 2 aromatic carbocycles. The second-order valence-electron chi connectivity index (χ2n) is 6.51. The van der Waals surface area contributed by atoms with Crippen LogP contribution in [0.25, 0.3) is 0 Å². The molecule has 2 aromatic rings. The van der Waals surface area contributed by atoms with Gasteiger partial charge in [0.1, 0.15) is 11.6 Å². The van der Waals surface area contributed by atoms with Gasteiger partial charge in [-0.1, -0.05) is 13.3 Å². The summed E-state index contributed by atoms with van der Waals surface area (Å²) in [5, 5.41) is 2.21. The summed E-state index contributed by atoms with van der Waals surface area (Å²) in [7, 11) is 0. The second kappa shape index (κ2) is 7.78. The van der Waals surface area contributed by atoms with Crippen LogP contribution in [0, 0.1) is 11.6 Å². The summed E-state index contributed by atoms with van der Waals surface area (Å²) in [5.74, 6) is -5.10. The molecule has 1 aliphatic heterocycles. The minimum absolute atomic E-state index is 0.00779. The van der Waals surface area contributed by atoms with Crippen molar-refractivity contribution in [2.45, 2.75) is 19.8 Å². The second-order valence-corrected chi connectivity index (χ2v) is 6.51. The number of nitrogens with one attached hydrogen (secondary N) is 1. The first-order chi connectivity index (χ1) is 13.7. The van der Waals surface area contributed by atoms with E-state index in [-0.39, 0.29) is 23.2 Å². The van der Waals surface area contributed by atoms with Crippen molar-refractivity contribution in [3.63, 3.8) is 0 Å². The smallest absolute Gasteiger partial charge is 0.261 e. The van der Waals surface area contributed by atoms with E-state index in [4.69, 9.17) is 5.73 Å². The lowest BCUT2D eigenvalue weighted by molar-refractivity contribution is 0.0651. The lowest BCUT2D eigenvalue weighted by Crippen LogP contribution is -2.30. The van der Waals surface area contributed by atoms with Crippen molar-refractivity contribution in [1.82, 2.24) is 4.90 Å². The van der Waals surface area contributed by atoms with Crippen molar-refractivity contribution in [2.24, 2.45) is 5.73 Å². The van der Waals surface area contributed by atoms with Crippen molar-refractivity contribution in [3.8, 4) is 0 Å². The molecule has 0 radical (unpaired) electrons. The summed E-state index contributed by atoms with van der Waals surface area (Å²) < 4.78 is 27.5. The first-order valence-corrected chi connectivity index (χ1v) is 8.85. The number of unbranched alkanes of at least 4 members (excludes halogenated alkanes) is 1. The fraction of sp³-hybridized carbons (Fsp3) is 0.200. The number of benzene rings is 2. The summed E-state index contributed by atoms with van der Waals surface area (Å²) in [5.41, 5.74) is 4.26. The number of hydrogen-bond donors (Lipinski definition) is 2.